The number of carbonyl (C=O) groups is 3. The molecule has 0 unspecified atom stereocenters. The highest BCUT2D eigenvalue weighted by Gasteiger charge is 2.44. The van der Waals surface area contributed by atoms with Gasteiger partial charge in [0.15, 0.2) is 0 Å². The molecule has 0 radical (unpaired) electrons. The summed E-state index contributed by atoms with van der Waals surface area (Å²) in [5.74, 6) is -0.971. The number of amides is 3. The highest BCUT2D eigenvalue weighted by Crippen LogP contribution is 2.26. The van der Waals surface area contributed by atoms with Crippen molar-refractivity contribution in [1.29, 1.82) is 0 Å². The van der Waals surface area contributed by atoms with E-state index in [1.165, 1.54) is 0 Å². The van der Waals surface area contributed by atoms with E-state index >= 15 is 0 Å². The second-order valence-corrected chi connectivity index (χ2v) is 11.7. The number of benzene rings is 1. The zero-order chi connectivity index (χ0) is 27.3. The first-order chi connectivity index (χ1) is 16.7. The quantitative estimate of drug-likeness (QED) is 0.477. The molecule has 1 aliphatic rings. The summed E-state index contributed by atoms with van der Waals surface area (Å²) in [6.45, 7) is 15.9. The van der Waals surface area contributed by atoms with Crippen molar-refractivity contribution in [1.82, 2.24) is 20.9 Å². The summed E-state index contributed by atoms with van der Waals surface area (Å²) in [7, 11) is 1.68. The minimum atomic E-state index is -0.674. The van der Waals surface area contributed by atoms with Crippen LogP contribution in [0.1, 0.15) is 79.8 Å². The van der Waals surface area contributed by atoms with Crippen molar-refractivity contribution in [2.75, 3.05) is 13.6 Å². The van der Waals surface area contributed by atoms with Gasteiger partial charge in [-0.2, -0.15) is 0 Å². The van der Waals surface area contributed by atoms with Crippen LogP contribution in [-0.4, -0.2) is 65.6 Å². The zero-order valence-electron chi connectivity index (χ0n) is 23.4. The molecule has 3 amide bonds. The Labute approximate surface area is 216 Å². The molecule has 0 saturated carbocycles. The van der Waals surface area contributed by atoms with E-state index in [-0.39, 0.29) is 35.1 Å². The Balaban J connectivity index is 2.40. The van der Waals surface area contributed by atoms with Crippen LogP contribution < -0.4 is 16.0 Å². The van der Waals surface area contributed by atoms with Gasteiger partial charge in [-0.15, -0.1) is 0 Å². The number of likely N-dealkylation sites (N-methyl/N-ethyl adjacent to an activating group) is 1. The summed E-state index contributed by atoms with van der Waals surface area (Å²) in [5.41, 5.74) is 0.336. The first-order valence-electron chi connectivity index (χ1n) is 12.9. The van der Waals surface area contributed by atoms with Crippen LogP contribution in [0.3, 0.4) is 0 Å². The van der Waals surface area contributed by atoms with Gasteiger partial charge in [-0.25, -0.2) is 4.99 Å². The van der Waals surface area contributed by atoms with E-state index < -0.39 is 23.4 Å². The van der Waals surface area contributed by atoms with Crippen LogP contribution in [0.2, 0.25) is 0 Å². The van der Waals surface area contributed by atoms with Crippen molar-refractivity contribution >= 4 is 23.4 Å². The van der Waals surface area contributed by atoms with Gasteiger partial charge in [0.2, 0.25) is 5.91 Å². The molecule has 4 atom stereocenters. The number of carbonyl (C=O) groups excluding carboxylic acids is 3. The molecule has 0 bridgehead atoms. The van der Waals surface area contributed by atoms with Gasteiger partial charge in [0.25, 0.3) is 11.8 Å². The number of nitrogens with zero attached hydrogens (tertiary/aromatic N) is 2. The summed E-state index contributed by atoms with van der Waals surface area (Å²) in [4.78, 5) is 46.0. The molecule has 8 heteroatoms. The van der Waals surface area contributed by atoms with E-state index in [0.717, 1.165) is 12.0 Å². The SMILES string of the molecule is CC[C@@H](NC(=O)[C@@H]1C[C@H](NC(C)(C)C)CN1C(=O)/C(=N/C(=O)[C@H](C)NC)C(C)(C)C)c1ccccc1. The summed E-state index contributed by atoms with van der Waals surface area (Å²) in [6.07, 6.45) is 1.21. The van der Waals surface area contributed by atoms with Crippen molar-refractivity contribution in [2.24, 2.45) is 10.4 Å². The molecule has 2 rings (SSSR count). The Hall–Kier alpha value is -2.58. The topological polar surface area (TPSA) is 103 Å². The van der Waals surface area contributed by atoms with E-state index in [4.69, 9.17) is 0 Å². The fraction of sp³-hybridized carbons (Fsp3) is 0.643. The third kappa shape index (κ3) is 7.96. The molecule has 1 aromatic carbocycles. The molecule has 8 nitrogen and oxygen atoms in total. The van der Waals surface area contributed by atoms with Crippen LogP contribution in [0.4, 0.5) is 0 Å². The Kier molecular flexibility index (Phi) is 9.97. The molecule has 0 aromatic heterocycles. The number of aliphatic imine (C=N–C) groups is 1. The highest BCUT2D eigenvalue weighted by molar-refractivity contribution is 6.42. The van der Waals surface area contributed by atoms with Crippen LogP contribution in [-0.2, 0) is 14.4 Å². The van der Waals surface area contributed by atoms with Gasteiger partial charge in [0.1, 0.15) is 11.8 Å². The van der Waals surface area contributed by atoms with Crippen LogP contribution >= 0.6 is 0 Å². The van der Waals surface area contributed by atoms with E-state index in [2.05, 4.69) is 41.7 Å². The van der Waals surface area contributed by atoms with Crippen molar-refractivity contribution in [3.05, 3.63) is 35.9 Å². The molecular formula is C28H45N5O3. The van der Waals surface area contributed by atoms with E-state index in [1.807, 2.05) is 58.0 Å². The Morgan fingerprint density at radius 2 is 1.69 bits per heavy atom. The van der Waals surface area contributed by atoms with Crippen LogP contribution in [0.15, 0.2) is 35.3 Å². The fourth-order valence-electron chi connectivity index (χ4n) is 4.40. The van der Waals surface area contributed by atoms with E-state index in [1.54, 1.807) is 18.9 Å². The van der Waals surface area contributed by atoms with Gasteiger partial charge in [0, 0.05) is 23.5 Å². The molecule has 3 N–H and O–H groups in total. The lowest BCUT2D eigenvalue weighted by atomic mass is 9.88. The van der Waals surface area contributed by atoms with Crippen molar-refractivity contribution in [2.45, 2.75) is 97.9 Å². The second-order valence-electron chi connectivity index (χ2n) is 11.7. The van der Waals surface area contributed by atoms with Crippen LogP contribution in [0.5, 0.6) is 0 Å². The summed E-state index contributed by atoms with van der Waals surface area (Å²) in [6, 6.07) is 8.45. The maximum Gasteiger partial charge on any atom is 0.269 e. The van der Waals surface area contributed by atoms with Crippen molar-refractivity contribution in [3.8, 4) is 0 Å². The average molecular weight is 500 g/mol. The normalized spacial score (nSPS) is 20.7. The number of hydrogen-bond acceptors (Lipinski definition) is 5. The van der Waals surface area contributed by atoms with E-state index in [0.29, 0.717) is 13.0 Å². The van der Waals surface area contributed by atoms with Gasteiger partial charge in [-0.05, 0) is 53.1 Å². The number of nitrogens with one attached hydrogen (secondary N) is 3. The second kappa shape index (κ2) is 12.1. The molecule has 200 valence electrons. The van der Waals surface area contributed by atoms with Gasteiger partial charge in [-0.3, -0.25) is 14.4 Å². The zero-order valence-corrected chi connectivity index (χ0v) is 23.4. The van der Waals surface area contributed by atoms with Crippen LogP contribution in [0.25, 0.3) is 0 Å². The fourth-order valence-corrected chi connectivity index (χ4v) is 4.40. The summed E-state index contributed by atoms with van der Waals surface area (Å²) >= 11 is 0. The monoisotopic (exact) mass is 499 g/mol. The molecule has 1 saturated heterocycles. The lowest BCUT2D eigenvalue weighted by Crippen LogP contribution is -2.51. The number of hydrogen-bond donors (Lipinski definition) is 3. The molecule has 0 aliphatic carbocycles. The lowest BCUT2D eigenvalue weighted by Gasteiger charge is -2.30. The third-order valence-electron chi connectivity index (χ3n) is 6.37. The minimum absolute atomic E-state index is 0.0605. The van der Waals surface area contributed by atoms with Gasteiger partial charge < -0.3 is 20.9 Å². The first-order valence-corrected chi connectivity index (χ1v) is 12.9. The van der Waals surface area contributed by atoms with Gasteiger partial charge >= 0.3 is 0 Å². The molecule has 1 heterocycles. The van der Waals surface area contributed by atoms with E-state index in [9.17, 15) is 14.4 Å². The molecule has 1 aliphatic heterocycles. The van der Waals surface area contributed by atoms with Crippen molar-refractivity contribution in [3.63, 3.8) is 0 Å². The van der Waals surface area contributed by atoms with Gasteiger partial charge in [0.05, 0.1) is 12.1 Å². The maximum atomic E-state index is 13.9. The predicted molar refractivity (Wildman–Crippen MR) is 145 cm³/mol. The summed E-state index contributed by atoms with van der Waals surface area (Å²) < 4.78 is 0. The molecule has 0 spiro atoms. The molecule has 1 aromatic rings. The van der Waals surface area contributed by atoms with Crippen molar-refractivity contribution < 1.29 is 14.4 Å². The largest absolute Gasteiger partial charge is 0.348 e. The summed E-state index contributed by atoms with van der Waals surface area (Å²) in [5, 5.41) is 9.58. The minimum Gasteiger partial charge on any atom is -0.348 e. The smallest absolute Gasteiger partial charge is 0.269 e. The number of rotatable bonds is 8. The predicted octanol–water partition coefficient (Wildman–Crippen LogP) is 3.23. The van der Waals surface area contributed by atoms with Crippen LogP contribution in [0, 0.1) is 5.41 Å². The van der Waals surface area contributed by atoms with Gasteiger partial charge in [-0.1, -0.05) is 58.0 Å². The third-order valence-corrected chi connectivity index (χ3v) is 6.37. The number of likely N-dealkylation sites (tertiary alicyclic amines) is 1. The first kappa shape index (κ1) is 29.6. The average Bonchev–Trinajstić information content (AvgIpc) is 3.21. The molecule has 36 heavy (non-hydrogen) atoms. The highest BCUT2D eigenvalue weighted by atomic mass is 16.2. The maximum absolute atomic E-state index is 13.9. The Morgan fingerprint density at radius 1 is 1.08 bits per heavy atom. The molecular weight excluding hydrogens is 454 g/mol. The Bertz CT molecular complexity index is 946. The molecule has 1 fully saturated rings. The Morgan fingerprint density at radius 3 is 2.19 bits per heavy atom. The lowest BCUT2D eigenvalue weighted by molar-refractivity contribution is -0.134. The standard InChI is InChI=1S/C28H45N5O3/c1-10-21(19-14-12-11-13-15-19)30-25(35)22-16-20(32-28(6,7)8)17-33(22)26(36)23(27(3,4)5)31-24(34)18(2)29-9/h11-15,18,20-22,29,32H,10,16-17H2,1-9H3,(H,30,35)/b31-23-/t18-,20-,21+,22-/m0/s1.